The molecular weight excluding hydrogens is 332 g/mol. The molecule has 1 aromatic carbocycles. The first-order valence-electron chi connectivity index (χ1n) is 7.41. The van der Waals surface area contributed by atoms with E-state index in [4.69, 9.17) is 10.5 Å². The average Bonchev–Trinajstić information content (AvgIpc) is 2.44. The smallest absolute Gasteiger partial charge is 0.260 e. The highest BCUT2D eigenvalue weighted by molar-refractivity contribution is 9.10. The summed E-state index contributed by atoms with van der Waals surface area (Å²) < 4.78 is 6.71. The molecule has 1 amide bonds. The van der Waals surface area contributed by atoms with Crippen molar-refractivity contribution < 1.29 is 9.53 Å². The first-order chi connectivity index (χ1) is 9.88. The van der Waals surface area contributed by atoms with E-state index < -0.39 is 6.10 Å². The van der Waals surface area contributed by atoms with Gasteiger partial charge in [0.2, 0.25) is 0 Å². The van der Waals surface area contributed by atoms with Crippen LogP contribution >= 0.6 is 15.9 Å². The van der Waals surface area contributed by atoms with Gasteiger partial charge in [0.05, 0.1) is 0 Å². The maximum absolute atomic E-state index is 12.2. The van der Waals surface area contributed by atoms with Crippen molar-refractivity contribution in [3.63, 3.8) is 0 Å². The number of rotatable bonds is 7. The predicted molar refractivity (Wildman–Crippen MR) is 89.3 cm³/mol. The van der Waals surface area contributed by atoms with Gasteiger partial charge in [0.25, 0.3) is 5.91 Å². The number of benzene rings is 1. The minimum Gasteiger partial charge on any atom is -0.481 e. The van der Waals surface area contributed by atoms with Crippen LogP contribution in [0.1, 0.15) is 52.1 Å². The maximum Gasteiger partial charge on any atom is 0.260 e. The van der Waals surface area contributed by atoms with Gasteiger partial charge in [-0.05, 0) is 38.8 Å². The Hall–Kier alpha value is -1.07. The first kappa shape index (κ1) is 18.0. The molecule has 0 aliphatic rings. The molecule has 21 heavy (non-hydrogen) atoms. The maximum atomic E-state index is 12.2. The van der Waals surface area contributed by atoms with Crippen LogP contribution < -0.4 is 15.8 Å². The van der Waals surface area contributed by atoms with E-state index in [0.29, 0.717) is 5.75 Å². The molecule has 0 saturated heterocycles. The number of hydrogen-bond donors (Lipinski definition) is 2. The lowest BCUT2D eigenvalue weighted by Gasteiger charge is -2.21. The standard InChI is InChI=1S/C16H25BrN2O2/c1-5-13(6-2)19-16(20)11(4)21-15-9-12(17)7-8-14(15)10(3)18/h7-11,13H,5-6,18H2,1-4H3,(H,19,20)/t10-,11?/m1/s1. The monoisotopic (exact) mass is 356 g/mol. The lowest BCUT2D eigenvalue weighted by molar-refractivity contribution is -0.128. The molecule has 118 valence electrons. The zero-order valence-corrected chi connectivity index (χ0v) is 14.7. The van der Waals surface area contributed by atoms with Gasteiger partial charge >= 0.3 is 0 Å². The van der Waals surface area contributed by atoms with E-state index in [9.17, 15) is 4.79 Å². The molecule has 0 bridgehead atoms. The summed E-state index contributed by atoms with van der Waals surface area (Å²) in [5.74, 6) is 0.547. The summed E-state index contributed by atoms with van der Waals surface area (Å²) in [6, 6.07) is 5.72. The van der Waals surface area contributed by atoms with Crippen LogP contribution in [0.2, 0.25) is 0 Å². The Bertz CT molecular complexity index is 473. The lowest BCUT2D eigenvalue weighted by Crippen LogP contribution is -2.42. The molecule has 5 heteroatoms. The molecule has 1 aromatic rings. The largest absolute Gasteiger partial charge is 0.481 e. The summed E-state index contributed by atoms with van der Waals surface area (Å²) in [7, 11) is 0. The number of nitrogens with two attached hydrogens (primary N) is 1. The second-order valence-electron chi connectivity index (χ2n) is 5.25. The van der Waals surface area contributed by atoms with Gasteiger partial charge in [0.1, 0.15) is 5.75 Å². The van der Waals surface area contributed by atoms with Crippen LogP contribution in [0.25, 0.3) is 0 Å². The number of ether oxygens (including phenoxy) is 1. The van der Waals surface area contributed by atoms with Crippen LogP contribution in [-0.2, 0) is 4.79 Å². The lowest BCUT2D eigenvalue weighted by atomic mass is 10.1. The number of halogens is 1. The summed E-state index contributed by atoms with van der Waals surface area (Å²) in [5, 5.41) is 2.99. The topological polar surface area (TPSA) is 64.3 Å². The van der Waals surface area contributed by atoms with Gasteiger partial charge in [-0.3, -0.25) is 4.79 Å². The van der Waals surface area contributed by atoms with Crippen LogP contribution in [0.3, 0.4) is 0 Å². The van der Waals surface area contributed by atoms with Crippen molar-refractivity contribution in [2.45, 2.75) is 58.7 Å². The van der Waals surface area contributed by atoms with Crippen LogP contribution in [0, 0.1) is 0 Å². The zero-order chi connectivity index (χ0) is 16.0. The van der Waals surface area contributed by atoms with E-state index in [1.165, 1.54) is 0 Å². The molecule has 0 saturated carbocycles. The second-order valence-corrected chi connectivity index (χ2v) is 6.17. The molecule has 1 rings (SSSR count). The van der Waals surface area contributed by atoms with Crippen LogP contribution in [0.4, 0.5) is 0 Å². The Morgan fingerprint density at radius 1 is 1.33 bits per heavy atom. The predicted octanol–water partition coefficient (Wildman–Crippen LogP) is 3.54. The van der Waals surface area contributed by atoms with E-state index in [1.54, 1.807) is 6.92 Å². The highest BCUT2D eigenvalue weighted by Gasteiger charge is 2.19. The third-order valence-corrected chi connectivity index (χ3v) is 3.96. The Morgan fingerprint density at radius 2 is 1.95 bits per heavy atom. The van der Waals surface area contributed by atoms with Crippen molar-refractivity contribution in [3.8, 4) is 5.75 Å². The molecule has 4 nitrogen and oxygen atoms in total. The molecule has 1 unspecified atom stereocenters. The molecule has 2 atom stereocenters. The molecule has 3 N–H and O–H groups in total. The third-order valence-electron chi connectivity index (χ3n) is 3.47. The van der Waals surface area contributed by atoms with E-state index in [2.05, 4.69) is 35.1 Å². The average molecular weight is 357 g/mol. The molecule has 0 fully saturated rings. The summed E-state index contributed by atoms with van der Waals surface area (Å²) in [5.41, 5.74) is 6.83. The molecule has 0 spiro atoms. The summed E-state index contributed by atoms with van der Waals surface area (Å²) in [6.45, 7) is 7.76. The van der Waals surface area contributed by atoms with Gasteiger partial charge < -0.3 is 15.8 Å². The number of hydrogen-bond acceptors (Lipinski definition) is 3. The van der Waals surface area contributed by atoms with Gasteiger partial charge in [-0.25, -0.2) is 0 Å². The van der Waals surface area contributed by atoms with E-state index >= 15 is 0 Å². The van der Waals surface area contributed by atoms with Crippen molar-refractivity contribution in [1.29, 1.82) is 0 Å². The number of carbonyl (C=O) groups excluding carboxylic acids is 1. The van der Waals surface area contributed by atoms with Gasteiger partial charge in [-0.1, -0.05) is 35.8 Å². The Kier molecular flexibility index (Phi) is 7.18. The normalized spacial score (nSPS) is 13.9. The molecule has 0 aliphatic heterocycles. The first-order valence-corrected chi connectivity index (χ1v) is 8.20. The highest BCUT2D eigenvalue weighted by atomic mass is 79.9. The minimum absolute atomic E-state index is 0.0979. The molecule has 0 radical (unpaired) electrons. The van der Waals surface area contributed by atoms with Gasteiger partial charge in [0, 0.05) is 22.1 Å². The van der Waals surface area contributed by atoms with Gasteiger partial charge in [-0.15, -0.1) is 0 Å². The van der Waals surface area contributed by atoms with Crippen molar-refractivity contribution in [3.05, 3.63) is 28.2 Å². The van der Waals surface area contributed by atoms with Crippen molar-refractivity contribution in [1.82, 2.24) is 5.32 Å². The fourth-order valence-corrected chi connectivity index (χ4v) is 2.38. The van der Waals surface area contributed by atoms with E-state index in [1.807, 2.05) is 25.1 Å². The van der Waals surface area contributed by atoms with Crippen molar-refractivity contribution in [2.75, 3.05) is 0 Å². The Morgan fingerprint density at radius 3 is 2.48 bits per heavy atom. The molecule has 0 aliphatic carbocycles. The number of nitrogens with one attached hydrogen (secondary N) is 1. The number of carbonyl (C=O) groups is 1. The van der Waals surface area contributed by atoms with Gasteiger partial charge in [-0.2, -0.15) is 0 Å². The zero-order valence-electron chi connectivity index (χ0n) is 13.2. The summed E-state index contributed by atoms with van der Waals surface area (Å²) in [4.78, 5) is 12.2. The number of amides is 1. The SMILES string of the molecule is CCC(CC)NC(=O)C(C)Oc1cc(Br)ccc1[C@@H](C)N. The summed E-state index contributed by atoms with van der Waals surface area (Å²) >= 11 is 3.41. The molecule has 0 aromatic heterocycles. The van der Waals surface area contributed by atoms with E-state index in [0.717, 1.165) is 22.9 Å². The van der Waals surface area contributed by atoms with Crippen molar-refractivity contribution in [2.24, 2.45) is 5.73 Å². The fraction of sp³-hybridized carbons (Fsp3) is 0.562. The Balaban J connectivity index is 2.80. The minimum atomic E-state index is -0.558. The van der Waals surface area contributed by atoms with Gasteiger partial charge in [0.15, 0.2) is 6.10 Å². The highest BCUT2D eigenvalue weighted by Crippen LogP contribution is 2.28. The van der Waals surface area contributed by atoms with Crippen LogP contribution in [0.5, 0.6) is 5.75 Å². The molecule has 0 heterocycles. The molecular formula is C16H25BrN2O2. The van der Waals surface area contributed by atoms with Crippen LogP contribution in [-0.4, -0.2) is 18.1 Å². The second kappa shape index (κ2) is 8.39. The quantitative estimate of drug-likeness (QED) is 0.785. The summed E-state index contributed by atoms with van der Waals surface area (Å²) in [6.07, 6.45) is 1.27. The fourth-order valence-electron chi connectivity index (χ4n) is 2.04. The Labute approximate surface area is 135 Å². The van der Waals surface area contributed by atoms with Crippen molar-refractivity contribution >= 4 is 21.8 Å². The third kappa shape index (κ3) is 5.32. The van der Waals surface area contributed by atoms with E-state index in [-0.39, 0.29) is 18.0 Å². The van der Waals surface area contributed by atoms with Crippen LogP contribution in [0.15, 0.2) is 22.7 Å².